The Morgan fingerprint density at radius 1 is 0.404 bits per heavy atom. The molecule has 270 valence electrons. The number of hydrogen-bond donors (Lipinski definition) is 0. The minimum atomic E-state index is 1.11. The minimum absolute atomic E-state index is 1.11. The van der Waals surface area contributed by atoms with Gasteiger partial charge in [0.25, 0.3) is 0 Å². The summed E-state index contributed by atoms with van der Waals surface area (Å²) >= 11 is 1.92. The first-order chi connectivity index (χ1) is 28.1. The van der Waals surface area contributed by atoms with Crippen LogP contribution in [0, 0.1) is 13.8 Å². The Morgan fingerprint density at radius 3 is 1.70 bits per heavy atom. The van der Waals surface area contributed by atoms with Crippen molar-refractivity contribution in [2.45, 2.75) is 13.8 Å². The summed E-state index contributed by atoms with van der Waals surface area (Å²) in [4.78, 5) is 2.41. The second-order valence-corrected chi connectivity index (χ2v) is 16.1. The molecule has 3 heteroatoms. The van der Waals surface area contributed by atoms with Gasteiger partial charge in [0.2, 0.25) is 0 Å². The number of aryl methyl sites for hydroxylation is 2. The van der Waals surface area contributed by atoms with E-state index in [1.54, 1.807) is 0 Å². The van der Waals surface area contributed by atoms with Crippen LogP contribution in [-0.4, -0.2) is 4.57 Å². The van der Waals surface area contributed by atoms with E-state index in [0.717, 1.165) is 22.7 Å². The molecule has 11 rings (SSSR count). The van der Waals surface area contributed by atoms with Gasteiger partial charge < -0.3 is 9.47 Å². The number of nitrogens with zero attached hydrogens (tertiary/aromatic N) is 2. The maximum Gasteiger partial charge on any atom is 0.0634 e. The van der Waals surface area contributed by atoms with Crippen molar-refractivity contribution in [2.24, 2.45) is 0 Å². The summed E-state index contributed by atoms with van der Waals surface area (Å²) in [6, 6.07) is 71.2. The molecule has 2 nitrogen and oxygen atoms in total. The molecule has 0 radical (unpaired) electrons. The first kappa shape index (κ1) is 33.4. The molecule has 0 fully saturated rings. The van der Waals surface area contributed by atoms with Crippen LogP contribution in [0.15, 0.2) is 194 Å². The van der Waals surface area contributed by atoms with Crippen molar-refractivity contribution in [3.8, 4) is 27.9 Å². The second-order valence-electron chi connectivity index (χ2n) is 15.0. The fourth-order valence-electron chi connectivity index (χ4n) is 8.75. The summed E-state index contributed by atoms with van der Waals surface area (Å²) in [6.07, 6.45) is 0. The molecule has 0 saturated carbocycles. The van der Waals surface area contributed by atoms with Crippen LogP contribution in [0.1, 0.15) is 11.1 Å². The molecule has 9 aromatic carbocycles. The molecule has 0 bridgehead atoms. The average Bonchev–Trinajstić information content (AvgIpc) is 3.82. The lowest BCUT2D eigenvalue weighted by Crippen LogP contribution is -2.10. The molecule has 0 aliphatic carbocycles. The Balaban J connectivity index is 1.21. The second kappa shape index (κ2) is 13.4. The normalized spacial score (nSPS) is 11.7. The van der Waals surface area contributed by atoms with Crippen LogP contribution in [0.4, 0.5) is 17.1 Å². The first-order valence-corrected chi connectivity index (χ1v) is 20.4. The van der Waals surface area contributed by atoms with Crippen molar-refractivity contribution < 1.29 is 0 Å². The number of anilines is 3. The first-order valence-electron chi connectivity index (χ1n) is 19.6. The van der Waals surface area contributed by atoms with Crippen LogP contribution in [0.5, 0.6) is 0 Å². The number of fused-ring (bicyclic) bond motifs is 10. The molecule has 0 aliphatic heterocycles. The smallest absolute Gasteiger partial charge is 0.0634 e. The summed E-state index contributed by atoms with van der Waals surface area (Å²) in [5.41, 5.74) is 14.4. The zero-order chi connectivity index (χ0) is 38.0. The molecule has 0 saturated heterocycles. The molecule has 2 heterocycles. The highest BCUT2D eigenvalue weighted by Crippen LogP contribution is 2.49. The van der Waals surface area contributed by atoms with Gasteiger partial charge in [-0.15, -0.1) is 11.3 Å². The Labute approximate surface area is 336 Å². The van der Waals surface area contributed by atoms with E-state index >= 15 is 0 Å². The average molecular weight is 747 g/mol. The molecule has 2 aromatic heterocycles. The van der Waals surface area contributed by atoms with Crippen molar-refractivity contribution in [2.75, 3.05) is 4.90 Å². The number of aromatic nitrogens is 1. The largest absolute Gasteiger partial charge is 0.310 e. The molecule has 0 N–H and O–H groups in total. The van der Waals surface area contributed by atoms with Gasteiger partial charge in [-0.1, -0.05) is 133 Å². The van der Waals surface area contributed by atoms with Crippen LogP contribution >= 0.6 is 11.3 Å². The van der Waals surface area contributed by atoms with Crippen LogP contribution in [0.3, 0.4) is 0 Å². The summed E-state index contributed by atoms with van der Waals surface area (Å²) in [6.45, 7) is 4.39. The lowest BCUT2D eigenvalue weighted by Gasteiger charge is -2.26. The molecule has 0 atom stereocenters. The fraction of sp³-hybridized carbons (Fsp3) is 0.0370. The number of benzene rings is 9. The van der Waals surface area contributed by atoms with Crippen molar-refractivity contribution in [1.82, 2.24) is 4.57 Å². The summed E-state index contributed by atoms with van der Waals surface area (Å²) < 4.78 is 5.14. The number of thiophene rings is 1. The van der Waals surface area contributed by atoms with Crippen molar-refractivity contribution in [1.29, 1.82) is 0 Å². The van der Waals surface area contributed by atoms with Gasteiger partial charge in [0.15, 0.2) is 0 Å². The molecular formula is C54H38N2S. The Bertz CT molecular complexity index is 3290. The van der Waals surface area contributed by atoms with E-state index in [1.807, 2.05) is 11.3 Å². The van der Waals surface area contributed by atoms with Gasteiger partial charge >= 0.3 is 0 Å². The lowest BCUT2D eigenvalue weighted by atomic mass is 9.97. The monoisotopic (exact) mass is 746 g/mol. The molecule has 57 heavy (non-hydrogen) atoms. The fourth-order valence-corrected chi connectivity index (χ4v) is 10.0. The van der Waals surface area contributed by atoms with Gasteiger partial charge in [-0.2, -0.15) is 0 Å². The standard InChI is InChI=1S/C54H38N2S/c1-35-22-26-43(32-36(35)2)55(42-27-23-39(24-28-42)37-14-6-3-7-15-37)44-29-30-47-49(34-44)56(41-18-10-5-11-19-41)53-46-21-13-12-20-45(46)51-48-33-40(38-16-8-4-9-17-38)25-31-50(48)57-54(51)52(47)53/h3-34H,1-2H3. The van der Waals surface area contributed by atoms with E-state index in [0.29, 0.717) is 0 Å². The Hall–Kier alpha value is -6.94. The van der Waals surface area contributed by atoms with Gasteiger partial charge in [0, 0.05) is 59.1 Å². The zero-order valence-electron chi connectivity index (χ0n) is 31.8. The highest BCUT2D eigenvalue weighted by molar-refractivity contribution is 7.27. The van der Waals surface area contributed by atoms with E-state index in [1.165, 1.54) is 86.1 Å². The third-order valence-electron chi connectivity index (χ3n) is 11.7. The van der Waals surface area contributed by atoms with Gasteiger partial charge in [0.1, 0.15) is 0 Å². The van der Waals surface area contributed by atoms with Crippen molar-refractivity contribution >= 4 is 81.1 Å². The topological polar surface area (TPSA) is 8.17 Å². The van der Waals surface area contributed by atoms with Gasteiger partial charge in [-0.25, -0.2) is 0 Å². The van der Waals surface area contributed by atoms with E-state index < -0.39 is 0 Å². The lowest BCUT2D eigenvalue weighted by molar-refractivity contribution is 1.18. The number of para-hydroxylation sites is 1. The predicted octanol–water partition coefficient (Wildman–Crippen LogP) is 15.7. The number of hydrogen-bond acceptors (Lipinski definition) is 2. The van der Waals surface area contributed by atoms with Crippen LogP contribution < -0.4 is 4.90 Å². The van der Waals surface area contributed by atoms with Gasteiger partial charge in [-0.05, 0) is 113 Å². The van der Waals surface area contributed by atoms with Gasteiger partial charge in [-0.3, -0.25) is 0 Å². The zero-order valence-corrected chi connectivity index (χ0v) is 32.6. The minimum Gasteiger partial charge on any atom is -0.310 e. The third kappa shape index (κ3) is 5.46. The summed E-state index contributed by atoms with van der Waals surface area (Å²) in [7, 11) is 0. The molecular weight excluding hydrogens is 709 g/mol. The van der Waals surface area contributed by atoms with Crippen LogP contribution in [0.25, 0.3) is 80.7 Å². The van der Waals surface area contributed by atoms with Crippen LogP contribution in [0.2, 0.25) is 0 Å². The van der Waals surface area contributed by atoms with E-state index in [9.17, 15) is 0 Å². The summed E-state index contributed by atoms with van der Waals surface area (Å²) in [5.74, 6) is 0. The van der Waals surface area contributed by atoms with Crippen molar-refractivity contribution in [3.05, 3.63) is 205 Å². The quantitative estimate of drug-likeness (QED) is 0.164. The SMILES string of the molecule is Cc1ccc(N(c2ccc(-c3ccccc3)cc2)c2ccc3c4c5sc6ccc(-c7ccccc7)cc6c5c5ccccc5c4n(-c4ccccc4)c3c2)cc1C. The maximum atomic E-state index is 2.51. The van der Waals surface area contributed by atoms with E-state index in [4.69, 9.17) is 0 Å². The molecule has 11 aromatic rings. The third-order valence-corrected chi connectivity index (χ3v) is 12.9. The highest BCUT2D eigenvalue weighted by Gasteiger charge is 2.24. The summed E-state index contributed by atoms with van der Waals surface area (Å²) in [5, 5.41) is 7.75. The Morgan fingerprint density at radius 2 is 0.982 bits per heavy atom. The van der Waals surface area contributed by atoms with Gasteiger partial charge in [0.05, 0.1) is 11.0 Å². The molecule has 0 amide bonds. The van der Waals surface area contributed by atoms with E-state index in [-0.39, 0.29) is 0 Å². The van der Waals surface area contributed by atoms with Crippen LogP contribution in [-0.2, 0) is 0 Å². The van der Waals surface area contributed by atoms with E-state index in [2.05, 4.69) is 217 Å². The molecule has 0 aliphatic rings. The molecule has 0 spiro atoms. The highest BCUT2D eigenvalue weighted by atomic mass is 32.1. The molecule has 0 unspecified atom stereocenters. The Kier molecular flexibility index (Phi) is 7.84. The van der Waals surface area contributed by atoms with Crippen molar-refractivity contribution in [3.63, 3.8) is 0 Å². The number of rotatable bonds is 6. The maximum absolute atomic E-state index is 2.51. The predicted molar refractivity (Wildman–Crippen MR) is 246 cm³/mol.